The van der Waals surface area contributed by atoms with Gasteiger partial charge in [-0.15, -0.1) is 22.0 Å². The van der Waals surface area contributed by atoms with Crippen LogP contribution in [0.1, 0.15) is 42.5 Å². The summed E-state index contributed by atoms with van der Waals surface area (Å²) in [5.74, 6) is -0.564. The Kier molecular flexibility index (Phi) is 4.41. The van der Waals surface area contributed by atoms with Crippen molar-refractivity contribution in [2.45, 2.75) is 43.2 Å². The second-order valence-corrected chi connectivity index (χ2v) is 5.26. The monoisotopic (exact) mass is 267 g/mol. The number of carbonyl (C=O) groups is 1. The maximum absolute atomic E-state index is 11.2. The van der Waals surface area contributed by atoms with Gasteiger partial charge in [0.05, 0.1) is 0 Å². The first-order valence-electron chi connectivity index (χ1n) is 6.12. The average Bonchev–Trinajstić information content (AvgIpc) is 2.40. The van der Waals surface area contributed by atoms with Gasteiger partial charge in [-0.05, 0) is 25.2 Å². The van der Waals surface area contributed by atoms with E-state index in [1.165, 1.54) is 31.0 Å². The lowest BCUT2D eigenvalue weighted by atomic mass is 9.95. The minimum absolute atomic E-state index is 0.208. The van der Waals surface area contributed by atoms with Crippen LogP contribution >= 0.6 is 11.8 Å². The van der Waals surface area contributed by atoms with Gasteiger partial charge in [-0.25, -0.2) is 4.79 Å². The summed E-state index contributed by atoms with van der Waals surface area (Å²) < 4.78 is 0. The summed E-state index contributed by atoms with van der Waals surface area (Å²) in [5, 5.41) is 21.0. The molecule has 2 N–H and O–H groups in total. The molecule has 18 heavy (non-hydrogen) atoms. The van der Waals surface area contributed by atoms with Gasteiger partial charge in [0.1, 0.15) is 10.6 Å². The van der Waals surface area contributed by atoms with Gasteiger partial charge in [0, 0.05) is 6.04 Å². The molecule has 0 spiro atoms. The van der Waals surface area contributed by atoms with Gasteiger partial charge in [-0.3, -0.25) is 0 Å². The van der Waals surface area contributed by atoms with Crippen LogP contribution in [-0.4, -0.2) is 33.6 Å². The summed E-state index contributed by atoms with van der Waals surface area (Å²) in [4.78, 5) is 11.2. The molecule has 0 bridgehead atoms. The van der Waals surface area contributed by atoms with E-state index in [0.29, 0.717) is 16.9 Å². The Balaban J connectivity index is 2.17. The van der Waals surface area contributed by atoms with E-state index in [2.05, 4.69) is 15.5 Å². The van der Waals surface area contributed by atoms with Gasteiger partial charge in [-0.2, -0.15) is 0 Å². The van der Waals surface area contributed by atoms with Gasteiger partial charge in [0.2, 0.25) is 0 Å². The highest BCUT2D eigenvalue weighted by molar-refractivity contribution is 7.98. The predicted molar refractivity (Wildman–Crippen MR) is 71.3 cm³/mol. The third-order valence-electron chi connectivity index (χ3n) is 3.16. The lowest BCUT2D eigenvalue weighted by Gasteiger charge is -2.23. The summed E-state index contributed by atoms with van der Waals surface area (Å²) in [6.45, 7) is 0. The smallest absolute Gasteiger partial charge is 0.339 e. The molecule has 0 aliphatic heterocycles. The highest BCUT2D eigenvalue weighted by atomic mass is 32.2. The number of nitrogens with zero attached hydrogens (tertiary/aromatic N) is 2. The minimum Gasteiger partial charge on any atom is -0.478 e. The van der Waals surface area contributed by atoms with Gasteiger partial charge >= 0.3 is 5.97 Å². The molecule has 0 aromatic carbocycles. The van der Waals surface area contributed by atoms with Crippen LogP contribution in [0, 0.1) is 0 Å². The number of hydrogen-bond acceptors (Lipinski definition) is 5. The summed E-state index contributed by atoms with van der Waals surface area (Å²) in [7, 11) is 0. The molecule has 0 atom stereocenters. The van der Waals surface area contributed by atoms with E-state index >= 15 is 0 Å². The number of nitrogens with one attached hydrogen (secondary N) is 1. The van der Waals surface area contributed by atoms with Crippen molar-refractivity contribution in [2.24, 2.45) is 0 Å². The Morgan fingerprint density at radius 1 is 1.39 bits per heavy atom. The summed E-state index contributed by atoms with van der Waals surface area (Å²) in [6.07, 6.45) is 7.65. The van der Waals surface area contributed by atoms with Crippen molar-refractivity contribution < 1.29 is 9.90 Å². The second-order valence-electron chi connectivity index (χ2n) is 4.43. The van der Waals surface area contributed by atoms with Crippen molar-refractivity contribution >= 4 is 23.5 Å². The van der Waals surface area contributed by atoms with E-state index in [0.717, 1.165) is 12.8 Å². The fourth-order valence-corrected chi connectivity index (χ4v) is 2.54. The molecule has 1 aromatic rings. The normalized spacial score (nSPS) is 16.5. The largest absolute Gasteiger partial charge is 0.478 e. The van der Waals surface area contributed by atoms with Crippen LogP contribution in [0.25, 0.3) is 0 Å². The lowest BCUT2D eigenvalue weighted by Crippen LogP contribution is -2.24. The zero-order valence-corrected chi connectivity index (χ0v) is 11.2. The molecule has 0 unspecified atom stereocenters. The number of aromatic carboxylic acids is 1. The first kappa shape index (κ1) is 13.1. The molecule has 1 fully saturated rings. The number of carboxylic acids is 1. The van der Waals surface area contributed by atoms with E-state index < -0.39 is 5.97 Å². The highest BCUT2D eigenvalue weighted by Gasteiger charge is 2.19. The van der Waals surface area contributed by atoms with Crippen LogP contribution in [-0.2, 0) is 0 Å². The Morgan fingerprint density at radius 2 is 2.11 bits per heavy atom. The van der Waals surface area contributed by atoms with Crippen molar-refractivity contribution in [2.75, 3.05) is 11.6 Å². The fourth-order valence-electron chi connectivity index (χ4n) is 2.18. The number of anilines is 1. The number of carboxylic acid groups (broad SMARTS) is 1. The van der Waals surface area contributed by atoms with Crippen LogP contribution in [0.5, 0.6) is 0 Å². The maximum atomic E-state index is 11.2. The van der Waals surface area contributed by atoms with E-state index in [1.54, 1.807) is 6.07 Å². The van der Waals surface area contributed by atoms with Gasteiger partial charge in [-0.1, -0.05) is 19.3 Å². The Hall–Kier alpha value is -1.30. The molecule has 98 valence electrons. The van der Waals surface area contributed by atoms with Crippen LogP contribution < -0.4 is 5.32 Å². The van der Waals surface area contributed by atoms with E-state index in [9.17, 15) is 9.90 Å². The van der Waals surface area contributed by atoms with Gasteiger partial charge in [0.15, 0.2) is 5.82 Å². The molecular formula is C12H17N3O2S. The summed E-state index contributed by atoms with van der Waals surface area (Å²) in [6, 6.07) is 1.90. The molecular weight excluding hydrogens is 250 g/mol. The second kappa shape index (κ2) is 6.04. The number of hydrogen-bond donors (Lipinski definition) is 2. The molecule has 2 rings (SSSR count). The summed E-state index contributed by atoms with van der Waals surface area (Å²) in [5.41, 5.74) is 0.208. The Bertz CT molecular complexity index is 433. The van der Waals surface area contributed by atoms with Crippen LogP contribution in [0.4, 0.5) is 5.82 Å². The molecule has 0 amide bonds. The van der Waals surface area contributed by atoms with Crippen molar-refractivity contribution in [3.63, 3.8) is 0 Å². The van der Waals surface area contributed by atoms with Crippen molar-refractivity contribution in [1.29, 1.82) is 0 Å². The average molecular weight is 267 g/mol. The summed E-state index contributed by atoms with van der Waals surface area (Å²) >= 11 is 1.39. The van der Waals surface area contributed by atoms with Gasteiger partial charge in [0.25, 0.3) is 0 Å². The van der Waals surface area contributed by atoms with Crippen molar-refractivity contribution in [1.82, 2.24) is 10.2 Å². The van der Waals surface area contributed by atoms with E-state index in [-0.39, 0.29) is 5.56 Å². The maximum Gasteiger partial charge on any atom is 0.339 e. The van der Waals surface area contributed by atoms with Gasteiger partial charge < -0.3 is 10.4 Å². The number of thioether (sulfide) groups is 1. The van der Waals surface area contributed by atoms with Crippen LogP contribution in [0.15, 0.2) is 11.1 Å². The van der Waals surface area contributed by atoms with E-state index in [1.807, 2.05) is 6.26 Å². The van der Waals surface area contributed by atoms with Crippen molar-refractivity contribution in [3.8, 4) is 0 Å². The van der Waals surface area contributed by atoms with Crippen LogP contribution in [0.2, 0.25) is 0 Å². The number of rotatable bonds is 4. The molecule has 5 nitrogen and oxygen atoms in total. The standard InChI is InChI=1S/C12H17N3O2S/c1-18-10-7-9(12(16)17)11(15-14-10)13-8-5-3-2-4-6-8/h7-8H,2-6H2,1H3,(H,13,15)(H,16,17). The molecule has 1 aromatic heterocycles. The minimum atomic E-state index is -0.960. The molecule has 1 saturated carbocycles. The zero-order valence-electron chi connectivity index (χ0n) is 10.3. The SMILES string of the molecule is CSc1cc(C(=O)O)c(NC2CCCCC2)nn1. The quantitative estimate of drug-likeness (QED) is 0.817. The Labute approximate surface area is 110 Å². The van der Waals surface area contributed by atoms with Crippen molar-refractivity contribution in [3.05, 3.63) is 11.6 Å². The fraction of sp³-hybridized carbons (Fsp3) is 0.583. The topological polar surface area (TPSA) is 75.1 Å². The predicted octanol–water partition coefficient (Wildman–Crippen LogP) is 2.64. The molecule has 1 aliphatic carbocycles. The molecule has 0 radical (unpaired) electrons. The Morgan fingerprint density at radius 3 is 2.72 bits per heavy atom. The molecule has 0 saturated heterocycles. The first-order chi connectivity index (χ1) is 8.70. The highest BCUT2D eigenvalue weighted by Crippen LogP contribution is 2.23. The molecule has 6 heteroatoms. The molecule has 1 heterocycles. The van der Waals surface area contributed by atoms with Crippen LogP contribution in [0.3, 0.4) is 0 Å². The lowest BCUT2D eigenvalue weighted by molar-refractivity contribution is 0.0697. The first-order valence-corrected chi connectivity index (χ1v) is 7.34. The third kappa shape index (κ3) is 3.13. The number of aromatic nitrogens is 2. The third-order valence-corrected chi connectivity index (χ3v) is 3.77. The molecule has 1 aliphatic rings. The zero-order chi connectivity index (χ0) is 13.0. The van der Waals surface area contributed by atoms with E-state index in [4.69, 9.17) is 0 Å².